The fourth-order valence-corrected chi connectivity index (χ4v) is 3.53. The zero-order chi connectivity index (χ0) is 15.7. The highest BCUT2D eigenvalue weighted by Crippen LogP contribution is 2.35. The van der Waals surface area contributed by atoms with E-state index in [0.29, 0.717) is 11.4 Å². The molecule has 0 aliphatic carbocycles. The largest absolute Gasteiger partial charge is 0.399 e. The Morgan fingerprint density at radius 2 is 1.77 bits per heavy atom. The summed E-state index contributed by atoms with van der Waals surface area (Å²) in [6, 6.07) is 14.8. The van der Waals surface area contributed by atoms with Gasteiger partial charge < -0.3 is 5.73 Å². The van der Waals surface area contributed by atoms with Crippen molar-refractivity contribution in [2.45, 2.75) is 23.5 Å². The first-order valence-electron chi connectivity index (χ1n) is 7.01. The number of nitrogens with two attached hydrogens (primary N) is 1. The quantitative estimate of drug-likeness (QED) is 0.699. The fraction of sp³-hybridized carbons (Fsp3) is 0.176. The molecule has 3 rings (SSSR count). The van der Waals surface area contributed by atoms with Crippen molar-refractivity contribution >= 4 is 35.0 Å². The number of imide groups is 1. The molecule has 1 atom stereocenters. The lowest BCUT2D eigenvalue weighted by molar-refractivity contribution is -0.121. The van der Waals surface area contributed by atoms with Crippen LogP contribution in [-0.2, 0) is 9.59 Å². The second-order valence-electron chi connectivity index (χ2n) is 5.23. The van der Waals surface area contributed by atoms with Crippen molar-refractivity contribution < 1.29 is 9.59 Å². The Labute approximate surface area is 133 Å². The summed E-state index contributed by atoms with van der Waals surface area (Å²) in [4.78, 5) is 27.1. The molecule has 5 heteroatoms. The van der Waals surface area contributed by atoms with E-state index in [9.17, 15) is 9.59 Å². The maximum absolute atomic E-state index is 12.6. The molecule has 1 heterocycles. The van der Waals surface area contributed by atoms with Gasteiger partial charge in [0.1, 0.15) is 0 Å². The third kappa shape index (κ3) is 2.72. The van der Waals surface area contributed by atoms with Crippen molar-refractivity contribution in [2.75, 3.05) is 10.6 Å². The second kappa shape index (κ2) is 5.85. The van der Waals surface area contributed by atoms with Crippen LogP contribution in [0.4, 0.5) is 11.4 Å². The average molecular weight is 312 g/mol. The molecule has 2 aromatic carbocycles. The van der Waals surface area contributed by atoms with Gasteiger partial charge in [-0.15, -0.1) is 11.8 Å². The predicted molar refractivity (Wildman–Crippen MR) is 88.8 cm³/mol. The van der Waals surface area contributed by atoms with Crippen molar-refractivity contribution in [1.29, 1.82) is 0 Å². The number of benzene rings is 2. The van der Waals surface area contributed by atoms with Crippen molar-refractivity contribution in [3.63, 3.8) is 0 Å². The van der Waals surface area contributed by atoms with Gasteiger partial charge in [-0.3, -0.25) is 9.59 Å². The molecule has 0 saturated carbocycles. The van der Waals surface area contributed by atoms with E-state index in [4.69, 9.17) is 5.73 Å². The van der Waals surface area contributed by atoms with Gasteiger partial charge in [-0.05, 0) is 42.8 Å². The topological polar surface area (TPSA) is 63.4 Å². The SMILES string of the molecule is Cc1ccccc1N1C(=O)CC(Sc2ccc(N)cc2)C1=O. The smallest absolute Gasteiger partial charge is 0.247 e. The number of anilines is 2. The number of carbonyl (C=O) groups is 2. The Kier molecular flexibility index (Phi) is 3.90. The molecular formula is C17H16N2O2S. The highest BCUT2D eigenvalue weighted by Gasteiger charge is 2.40. The van der Waals surface area contributed by atoms with E-state index < -0.39 is 0 Å². The van der Waals surface area contributed by atoms with E-state index >= 15 is 0 Å². The van der Waals surface area contributed by atoms with Gasteiger partial charge in [0.15, 0.2) is 0 Å². The van der Waals surface area contributed by atoms with Gasteiger partial charge in [-0.1, -0.05) is 18.2 Å². The zero-order valence-electron chi connectivity index (χ0n) is 12.2. The molecule has 0 radical (unpaired) electrons. The molecule has 1 unspecified atom stereocenters. The van der Waals surface area contributed by atoms with Crippen LogP contribution in [0.25, 0.3) is 0 Å². The normalized spacial score (nSPS) is 18.0. The molecule has 1 aliphatic heterocycles. The first-order chi connectivity index (χ1) is 10.6. The minimum atomic E-state index is -0.379. The molecule has 112 valence electrons. The van der Waals surface area contributed by atoms with Gasteiger partial charge in [0.25, 0.3) is 0 Å². The first kappa shape index (κ1) is 14.7. The molecule has 1 aliphatic rings. The summed E-state index contributed by atoms with van der Waals surface area (Å²) in [5, 5.41) is -0.379. The maximum Gasteiger partial charge on any atom is 0.247 e. The number of nitrogen functional groups attached to an aromatic ring is 1. The lowest BCUT2D eigenvalue weighted by Crippen LogP contribution is -2.31. The Hall–Kier alpha value is -2.27. The van der Waals surface area contributed by atoms with Gasteiger partial charge in [0, 0.05) is 17.0 Å². The molecule has 2 aromatic rings. The number of amides is 2. The summed E-state index contributed by atoms with van der Waals surface area (Å²) < 4.78 is 0. The van der Waals surface area contributed by atoms with Crippen LogP contribution in [0.2, 0.25) is 0 Å². The van der Waals surface area contributed by atoms with E-state index in [-0.39, 0.29) is 23.5 Å². The maximum atomic E-state index is 12.6. The van der Waals surface area contributed by atoms with Crippen LogP contribution in [0, 0.1) is 6.92 Å². The standard InChI is InChI=1S/C17H16N2O2S/c1-11-4-2-3-5-14(11)19-16(20)10-15(17(19)21)22-13-8-6-12(18)7-9-13/h2-9,15H,10,18H2,1H3. The summed E-state index contributed by atoms with van der Waals surface area (Å²) in [5.41, 5.74) is 7.94. The van der Waals surface area contributed by atoms with E-state index in [1.165, 1.54) is 16.7 Å². The number of hydrogen-bond acceptors (Lipinski definition) is 4. The average Bonchev–Trinajstić information content (AvgIpc) is 2.77. The Balaban J connectivity index is 1.82. The minimum absolute atomic E-state index is 0.146. The van der Waals surface area contributed by atoms with Crippen molar-refractivity contribution in [2.24, 2.45) is 0 Å². The van der Waals surface area contributed by atoms with Gasteiger partial charge in [0.2, 0.25) is 11.8 Å². The van der Waals surface area contributed by atoms with Gasteiger partial charge in [-0.25, -0.2) is 4.90 Å². The Morgan fingerprint density at radius 1 is 1.09 bits per heavy atom. The lowest BCUT2D eigenvalue weighted by Gasteiger charge is -2.17. The second-order valence-corrected chi connectivity index (χ2v) is 6.51. The highest BCUT2D eigenvalue weighted by atomic mass is 32.2. The van der Waals surface area contributed by atoms with Gasteiger partial charge >= 0.3 is 0 Å². The van der Waals surface area contributed by atoms with Crippen LogP contribution in [0.5, 0.6) is 0 Å². The molecule has 0 bridgehead atoms. The first-order valence-corrected chi connectivity index (χ1v) is 7.89. The summed E-state index contributed by atoms with van der Waals surface area (Å²) in [7, 11) is 0. The molecule has 2 amide bonds. The van der Waals surface area contributed by atoms with E-state index in [0.717, 1.165) is 10.5 Å². The summed E-state index contributed by atoms with van der Waals surface area (Å²) in [6.45, 7) is 1.90. The fourth-order valence-electron chi connectivity index (χ4n) is 2.47. The van der Waals surface area contributed by atoms with Gasteiger partial charge in [-0.2, -0.15) is 0 Å². The van der Waals surface area contributed by atoms with Crippen molar-refractivity contribution in [1.82, 2.24) is 0 Å². The van der Waals surface area contributed by atoms with Crippen molar-refractivity contribution in [3.05, 3.63) is 54.1 Å². The van der Waals surface area contributed by atoms with E-state index in [1.807, 2.05) is 37.3 Å². The van der Waals surface area contributed by atoms with Crippen LogP contribution in [-0.4, -0.2) is 17.1 Å². The molecule has 0 aromatic heterocycles. The predicted octanol–water partition coefficient (Wildman–Crippen LogP) is 3.00. The summed E-state index contributed by atoms with van der Waals surface area (Å²) in [6.07, 6.45) is 0.224. The Morgan fingerprint density at radius 3 is 2.45 bits per heavy atom. The molecule has 1 fully saturated rings. The highest BCUT2D eigenvalue weighted by molar-refractivity contribution is 8.00. The molecule has 1 saturated heterocycles. The molecular weight excluding hydrogens is 296 g/mol. The summed E-state index contributed by atoms with van der Waals surface area (Å²) >= 11 is 1.41. The zero-order valence-corrected chi connectivity index (χ0v) is 13.0. The number of thioether (sulfide) groups is 1. The van der Waals surface area contributed by atoms with E-state index in [1.54, 1.807) is 18.2 Å². The third-order valence-corrected chi connectivity index (χ3v) is 4.82. The minimum Gasteiger partial charge on any atom is -0.399 e. The number of rotatable bonds is 3. The number of carbonyl (C=O) groups excluding carboxylic acids is 2. The van der Waals surface area contributed by atoms with E-state index in [2.05, 4.69) is 0 Å². The lowest BCUT2D eigenvalue weighted by atomic mass is 10.2. The molecule has 0 spiro atoms. The number of para-hydroxylation sites is 1. The summed E-state index contributed by atoms with van der Waals surface area (Å²) in [5.74, 6) is -0.298. The van der Waals surface area contributed by atoms with Gasteiger partial charge in [0.05, 0.1) is 10.9 Å². The Bertz CT molecular complexity index is 728. The molecule has 4 nitrogen and oxygen atoms in total. The molecule has 2 N–H and O–H groups in total. The van der Waals surface area contributed by atoms with Crippen LogP contribution in [0.15, 0.2) is 53.4 Å². The van der Waals surface area contributed by atoms with Crippen molar-refractivity contribution in [3.8, 4) is 0 Å². The van der Waals surface area contributed by atoms with Crippen LogP contribution >= 0.6 is 11.8 Å². The van der Waals surface area contributed by atoms with Crippen LogP contribution in [0.1, 0.15) is 12.0 Å². The van der Waals surface area contributed by atoms with Crippen LogP contribution < -0.4 is 10.6 Å². The number of aryl methyl sites for hydroxylation is 1. The number of hydrogen-bond donors (Lipinski definition) is 1. The van der Waals surface area contributed by atoms with Crippen LogP contribution in [0.3, 0.4) is 0 Å². The monoisotopic (exact) mass is 312 g/mol. The number of nitrogens with zero attached hydrogens (tertiary/aromatic N) is 1. The molecule has 22 heavy (non-hydrogen) atoms. The third-order valence-electron chi connectivity index (χ3n) is 3.62.